The van der Waals surface area contributed by atoms with Gasteiger partial charge >= 0.3 is 0 Å². The second-order valence-corrected chi connectivity index (χ2v) is 4.95. The largest absolute Gasteiger partial charge is 0.320 e. The van der Waals surface area contributed by atoms with Crippen molar-refractivity contribution in [2.75, 3.05) is 0 Å². The fourth-order valence-electron chi connectivity index (χ4n) is 2.16. The van der Waals surface area contributed by atoms with Crippen LogP contribution in [-0.4, -0.2) is 4.98 Å². The minimum Gasteiger partial charge on any atom is -0.320 e. The van der Waals surface area contributed by atoms with Crippen LogP contribution in [-0.2, 0) is 0 Å². The minimum absolute atomic E-state index is 0.0996. The van der Waals surface area contributed by atoms with Crippen LogP contribution in [0.25, 0.3) is 0 Å². The van der Waals surface area contributed by atoms with Crippen molar-refractivity contribution in [1.29, 1.82) is 0 Å². The molecule has 0 spiro atoms. The van der Waals surface area contributed by atoms with E-state index in [2.05, 4.69) is 43.1 Å². The Hall–Kier alpha value is -1.67. The number of aryl methyl sites for hydroxylation is 4. The van der Waals surface area contributed by atoms with Crippen molar-refractivity contribution in [2.45, 2.75) is 33.7 Å². The Morgan fingerprint density at radius 2 is 1.67 bits per heavy atom. The summed E-state index contributed by atoms with van der Waals surface area (Å²) >= 11 is 0. The highest BCUT2D eigenvalue weighted by Gasteiger charge is 2.12. The van der Waals surface area contributed by atoms with Crippen LogP contribution in [0.4, 0.5) is 0 Å². The van der Waals surface area contributed by atoms with E-state index in [0.29, 0.717) is 0 Å². The second kappa shape index (κ2) is 4.91. The van der Waals surface area contributed by atoms with Crippen LogP contribution >= 0.6 is 0 Å². The van der Waals surface area contributed by atoms with Crippen molar-refractivity contribution in [3.63, 3.8) is 0 Å². The molecule has 18 heavy (non-hydrogen) atoms. The van der Waals surface area contributed by atoms with Gasteiger partial charge < -0.3 is 5.73 Å². The summed E-state index contributed by atoms with van der Waals surface area (Å²) in [7, 11) is 0. The first kappa shape index (κ1) is 12.8. The lowest BCUT2D eigenvalue weighted by Gasteiger charge is -2.16. The van der Waals surface area contributed by atoms with Gasteiger partial charge in [-0.05, 0) is 56.0 Å². The van der Waals surface area contributed by atoms with E-state index in [1.54, 1.807) is 0 Å². The number of nitrogens with zero attached hydrogens (tertiary/aromatic N) is 1. The molecular formula is C16H20N2. The number of hydrogen-bond acceptors (Lipinski definition) is 2. The number of aromatic nitrogens is 1. The molecule has 0 bridgehead atoms. The Bertz CT molecular complexity index is 573. The van der Waals surface area contributed by atoms with Crippen LogP contribution in [0.1, 0.15) is 39.7 Å². The molecule has 0 aliphatic carbocycles. The van der Waals surface area contributed by atoms with E-state index < -0.39 is 0 Å². The van der Waals surface area contributed by atoms with E-state index in [0.717, 1.165) is 22.5 Å². The van der Waals surface area contributed by atoms with Gasteiger partial charge in [0.1, 0.15) is 0 Å². The van der Waals surface area contributed by atoms with Gasteiger partial charge in [0.25, 0.3) is 0 Å². The zero-order chi connectivity index (χ0) is 13.3. The van der Waals surface area contributed by atoms with Gasteiger partial charge in [-0.25, -0.2) is 0 Å². The molecule has 0 radical (unpaired) electrons. The molecule has 1 atom stereocenters. The third kappa shape index (κ3) is 2.44. The zero-order valence-electron chi connectivity index (χ0n) is 11.5. The first-order chi connectivity index (χ1) is 8.49. The normalized spacial score (nSPS) is 12.5. The molecular weight excluding hydrogens is 220 g/mol. The van der Waals surface area contributed by atoms with Crippen molar-refractivity contribution in [3.8, 4) is 0 Å². The van der Waals surface area contributed by atoms with Gasteiger partial charge in [-0.3, -0.25) is 4.98 Å². The maximum atomic E-state index is 6.35. The quantitative estimate of drug-likeness (QED) is 0.874. The monoisotopic (exact) mass is 240 g/mol. The highest BCUT2D eigenvalue weighted by Crippen LogP contribution is 2.23. The summed E-state index contributed by atoms with van der Waals surface area (Å²) in [6, 6.07) is 10.4. The Labute approximate surface area is 109 Å². The van der Waals surface area contributed by atoms with Gasteiger partial charge in [0, 0.05) is 11.4 Å². The standard InChI is InChI=1S/C16H20N2/c1-10-5-7-14(9-11(10)2)16(17)15-8-6-12(3)18-13(15)4/h5-9,16H,17H2,1-4H3. The molecule has 1 aromatic carbocycles. The third-order valence-electron chi connectivity index (χ3n) is 3.49. The predicted molar refractivity (Wildman–Crippen MR) is 75.7 cm³/mol. The lowest BCUT2D eigenvalue weighted by Crippen LogP contribution is -2.14. The first-order valence-corrected chi connectivity index (χ1v) is 6.26. The summed E-state index contributed by atoms with van der Waals surface area (Å²) in [6.45, 7) is 8.25. The average molecular weight is 240 g/mol. The van der Waals surface area contributed by atoms with E-state index in [1.165, 1.54) is 11.1 Å². The van der Waals surface area contributed by atoms with Crippen LogP contribution in [0.2, 0.25) is 0 Å². The van der Waals surface area contributed by atoms with Crippen molar-refractivity contribution in [2.24, 2.45) is 5.73 Å². The van der Waals surface area contributed by atoms with E-state index in [-0.39, 0.29) is 6.04 Å². The molecule has 0 fully saturated rings. The van der Waals surface area contributed by atoms with Crippen LogP contribution < -0.4 is 5.73 Å². The molecule has 1 heterocycles. The van der Waals surface area contributed by atoms with Gasteiger partial charge in [-0.1, -0.05) is 24.3 Å². The second-order valence-electron chi connectivity index (χ2n) is 4.95. The SMILES string of the molecule is Cc1ccc(C(N)c2ccc(C)c(C)c2)c(C)n1. The maximum absolute atomic E-state index is 6.35. The molecule has 2 N–H and O–H groups in total. The van der Waals surface area contributed by atoms with E-state index in [4.69, 9.17) is 5.73 Å². The van der Waals surface area contributed by atoms with E-state index in [1.807, 2.05) is 19.9 Å². The first-order valence-electron chi connectivity index (χ1n) is 6.26. The zero-order valence-corrected chi connectivity index (χ0v) is 11.5. The molecule has 2 rings (SSSR count). The number of benzene rings is 1. The Morgan fingerprint density at radius 3 is 2.28 bits per heavy atom. The molecule has 1 aromatic heterocycles. The summed E-state index contributed by atoms with van der Waals surface area (Å²) in [5, 5.41) is 0. The van der Waals surface area contributed by atoms with Gasteiger partial charge in [0.2, 0.25) is 0 Å². The number of rotatable bonds is 2. The third-order valence-corrected chi connectivity index (χ3v) is 3.49. The highest BCUT2D eigenvalue weighted by molar-refractivity contribution is 5.38. The maximum Gasteiger partial charge on any atom is 0.0569 e. The Balaban J connectivity index is 2.41. The molecule has 2 aromatic rings. The van der Waals surface area contributed by atoms with Crippen LogP contribution in [0.3, 0.4) is 0 Å². The Morgan fingerprint density at radius 1 is 0.944 bits per heavy atom. The highest BCUT2D eigenvalue weighted by atomic mass is 14.7. The lowest BCUT2D eigenvalue weighted by molar-refractivity contribution is 0.842. The topological polar surface area (TPSA) is 38.9 Å². The van der Waals surface area contributed by atoms with Gasteiger partial charge in [0.05, 0.1) is 6.04 Å². The van der Waals surface area contributed by atoms with E-state index >= 15 is 0 Å². The van der Waals surface area contributed by atoms with Crippen LogP contribution in [0, 0.1) is 27.7 Å². The van der Waals surface area contributed by atoms with Crippen molar-refractivity contribution in [1.82, 2.24) is 4.98 Å². The summed E-state index contributed by atoms with van der Waals surface area (Å²) in [6.07, 6.45) is 0. The van der Waals surface area contributed by atoms with Crippen LogP contribution in [0.5, 0.6) is 0 Å². The number of pyridine rings is 1. The molecule has 0 saturated carbocycles. The summed E-state index contributed by atoms with van der Waals surface area (Å²) in [5.74, 6) is 0. The molecule has 1 unspecified atom stereocenters. The lowest BCUT2D eigenvalue weighted by atomic mass is 9.95. The van der Waals surface area contributed by atoms with Gasteiger partial charge in [0.15, 0.2) is 0 Å². The molecule has 2 nitrogen and oxygen atoms in total. The fourth-order valence-corrected chi connectivity index (χ4v) is 2.16. The van der Waals surface area contributed by atoms with Gasteiger partial charge in [-0.2, -0.15) is 0 Å². The van der Waals surface area contributed by atoms with E-state index in [9.17, 15) is 0 Å². The van der Waals surface area contributed by atoms with Gasteiger partial charge in [-0.15, -0.1) is 0 Å². The summed E-state index contributed by atoms with van der Waals surface area (Å²) < 4.78 is 0. The molecule has 0 saturated heterocycles. The fraction of sp³-hybridized carbons (Fsp3) is 0.312. The van der Waals surface area contributed by atoms with Crippen molar-refractivity contribution in [3.05, 3.63) is 64.0 Å². The molecule has 94 valence electrons. The molecule has 0 aliphatic heterocycles. The molecule has 0 aliphatic rings. The number of nitrogens with two attached hydrogens (primary N) is 1. The molecule has 2 heteroatoms. The predicted octanol–water partition coefficient (Wildman–Crippen LogP) is 3.36. The average Bonchev–Trinajstić information content (AvgIpc) is 2.32. The molecule has 0 amide bonds. The summed E-state index contributed by atoms with van der Waals surface area (Å²) in [5.41, 5.74) is 13.2. The van der Waals surface area contributed by atoms with Crippen LogP contribution in [0.15, 0.2) is 30.3 Å². The number of hydrogen-bond donors (Lipinski definition) is 1. The van der Waals surface area contributed by atoms with Crippen molar-refractivity contribution < 1.29 is 0 Å². The Kier molecular flexibility index (Phi) is 3.48. The smallest absolute Gasteiger partial charge is 0.0569 e. The minimum atomic E-state index is -0.0996. The van der Waals surface area contributed by atoms with Crippen molar-refractivity contribution >= 4 is 0 Å². The summed E-state index contributed by atoms with van der Waals surface area (Å²) in [4.78, 5) is 4.48.